The van der Waals surface area contributed by atoms with Crippen LogP contribution in [0.25, 0.3) is 0 Å². The third-order valence-electron chi connectivity index (χ3n) is 1.87. The van der Waals surface area contributed by atoms with E-state index in [1.807, 2.05) is 0 Å². The maximum atomic E-state index is 10.9. The van der Waals surface area contributed by atoms with E-state index in [1.165, 1.54) is 0 Å². The molecule has 0 heterocycles. The van der Waals surface area contributed by atoms with Gasteiger partial charge in [-0.1, -0.05) is 6.92 Å². The molecule has 1 N–H and O–H groups in total. The summed E-state index contributed by atoms with van der Waals surface area (Å²) in [5.74, 6) is 0.709. The van der Waals surface area contributed by atoms with Gasteiger partial charge in [0.05, 0.1) is 6.61 Å². The smallest absolute Gasteiger partial charge is 0.0615 e. The summed E-state index contributed by atoms with van der Waals surface area (Å²) >= 11 is 0. The minimum Gasteiger partial charge on any atom is -0.383 e. The normalized spacial score (nSPS) is 18.2. The van der Waals surface area contributed by atoms with Crippen LogP contribution < -0.4 is 5.32 Å². The fraction of sp³-hybridized carbons (Fsp3) is 1.00. The van der Waals surface area contributed by atoms with Gasteiger partial charge in [-0.3, -0.25) is 4.21 Å². The van der Waals surface area contributed by atoms with Gasteiger partial charge in [-0.25, -0.2) is 0 Å². The number of nitrogens with one attached hydrogen (secondary N) is 1. The van der Waals surface area contributed by atoms with Crippen LogP contribution in [0.4, 0.5) is 0 Å². The number of rotatable bonds is 7. The van der Waals surface area contributed by atoms with Crippen molar-refractivity contribution in [1.29, 1.82) is 0 Å². The first-order valence-electron chi connectivity index (χ1n) is 4.65. The first-order chi connectivity index (χ1) is 6.10. The van der Waals surface area contributed by atoms with Gasteiger partial charge in [-0.05, 0) is 13.3 Å². The van der Waals surface area contributed by atoms with Gasteiger partial charge < -0.3 is 10.1 Å². The minimum absolute atomic E-state index is 0.297. The lowest BCUT2D eigenvalue weighted by Gasteiger charge is -2.20. The summed E-state index contributed by atoms with van der Waals surface area (Å²) in [6.07, 6.45) is 2.77. The van der Waals surface area contributed by atoms with E-state index in [1.54, 1.807) is 13.4 Å². The highest BCUT2D eigenvalue weighted by Crippen LogP contribution is 1.95. The van der Waals surface area contributed by atoms with E-state index in [0.717, 1.165) is 13.0 Å². The van der Waals surface area contributed by atoms with E-state index in [-0.39, 0.29) is 0 Å². The van der Waals surface area contributed by atoms with Crippen molar-refractivity contribution in [3.05, 3.63) is 0 Å². The number of ether oxygens (including phenoxy) is 1. The quantitative estimate of drug-likeness (QED) is 0.670. The summed E-state index contributed by atoms with van der Waals surface area (Å²) < 4.78 is 16.0. The summed E-state index contributed by atoms with van der Waals surface area (Å²) in [6, 6.07) is 0.675. The molecule has 0 radical (unpaired) electrons. The van der Waals surface area contributed by atoms with Crippen LogP contribution in [0.1, 0.15) is 20.3 Å². The molecule has 0 aromatic carbocycles. The van der Waals surface area contributed by atoms with Crippen LogP contribution in [0.2, 0.25) is 0 Å². The van der Waals surface area contributed by atoms with Gasteiger partial charge in [0.1, 0.15) is 0 Å². The maximum Gasteiger partial charge on any atom is 0.0615 e. The fourth-order valence-corrected chi connectivity index (χ4v) is 2.09. The zero-order valence-electron chi connectivity index (χ0n) is 9.00. The number of methoxy groups -OCH3 is 1. The summed E-state index contributed by atoms with van der Waals surface area (Å²) in [7, 11) is 0.980. The standard InChI is InChI=1S/C9H21NO2S/c1-5-9(6-12-3)10-8(2)7-13(4)11/h8-10H,5-7H2,1-4H3. The lowest BCUT2D eigenvalue weighted by Crippen LogP contribution is -2.41. The molecular weight excluding hydrogens is 186 g/mol. The Morgan fingerprint density at radius 3 is 2.54 bits per heavy atom. The van der Waals surface area contributed by atoms with E-state index >= 15 is 0 Å². The van der Waals surface area contributed by atoms with E-state index in [2.05, 4.69) is 19.2 Å². The van der Waals surface area contributed by atoms with Crippen molar-refractivity contribution >= 4 is 10.8 Å². The van der Waals surface area contributed by atoms with Gasteiger partial charge in [0, 0.05) is 42.0 Å². The van der Waals surface area contributed by atoms with Crippen molar-refractivity contribution in [2.24, 2.45) is 0 Å². The Bertz CT molecular complexity index is 153. The molecule has 13 heavy (non-hydrogen) atoms. The predicted octanol–water partition coefficient (Wildman–Crippen LogP) is 0.768. The maximum absolute atomic E-state index is 10.9. The van der Waals surface area contributed by atoms with Crippen LogP contribution in [0, 0.1) is 0 Å². The van der Waals surface area contributed by atoms with E-state index in [9.17, 15) is 4.21 Å². The largest absolute Gasteiger partial charge is 0.383 e. The molecule has 3 nitrogen and oxygen atoms in total. The van der Waals surface area contributed by atoms with Crippen LogP contribution >= 0.6 is 0 Å². The zero-order chi connectivity index (χ0) is 10.3. The summed E-state index contributed by atoms with van der Waals surface area (Å²) in [4.78, 5) is 0. The Hall–Kier alpha value is 0.0700. The highest BCUT2D eigenvalue weighted by atomic mass is 32.2. The fourth-order valence-electron chi connectivity index (χ4n) is 1.29. The molecule has 0 aliphatic carbocycles. The molecule has 4 heteroatoms. The number of hydrogen-bond donors (Lipinski definition) is 1. The van der Waals surface area contributed by atoms with Crippen molar-refractivity contribution < 1.29 is 8.95 Å². The molecule has 80 valence electrons. The van der Waals surface area contributed by atoms with Gasteiger partial charge in [-0.2, -0.15) is 0 Å². The molecule has 0 rings (SSSR count). The van der Waals surface area contributed by atoms with E-state index in [4.69, 9.17) is 4.74 Å². The van der Waals surface area contributed by atoms with E-state index < -0.39 is 10.8 Å². The molecule has 0 saturated carbocycles. The van der Waals surface area contributed by atoms with Crippen LogP contribution in [0.15, 0.2) is 0 Å². The second kappa shape index (κ2) is 7.47. The monoisotopic (exact) mass is 207 g/mol. The molecule has 0 aliphatic heterocycles. The molecule has 0 aromatic heterocycles. The SMILES string of the molecule is CCC(COC)NC(C)CS(C)=O. The Morgan fingerprint density at radius 1 is 1.54 bits per heavy atom. The summed E-state index contributed by atoms with van der Waals surface area (Å²) in [5.41, 5.74) is 0. The number of hydrogen-bond acceptors (Lipinski definition) is 3. The summed E-state index contributed by atoms with van der Waals surface area (Å²) in [5, 5.41) is 3.38. The van der Waals surface area contributed by atoms with Gasteiger partial charge in [0.25, 0.3) is 0 Å². The molecule has 0 aromatic rings. The minimum atomic E-state index is -0.721. The third kappa shape index (κ3) is 7.16. The van der Waals surface area contributed by atoms with Crippen molar-refractivity contribution in [2.45, 2.75) is 32.4 Å². The van der Waals surface area contributed by atoms with Gasteiger partial charge in [0.15, 0.2) is 0 Å². The van der Waals surface area contributed by atoms with E-state index in [0.29, 0.717) is 17.8 Å². The van der Waals surface area contributed by atoms with Crippen molar-refractivity contribution in [1.82, 2.24) is 5.32 Å². The van der Waals surface area contributed by atoms with Crippen molar-refractivity contribution in [3.63, 3.8) is 0 Å². The molecule has 0 spiro atoms. The zero-order valence-corrected chi connectivity index (χ0v) is 9.82. The molecule has 0 saturated heterocycles. The predicted molar refractivity (Wildman–Crippen MR) is 57.5 cm³/mol. The highest BCUT2D eigenvalue weighted by molar-refractivity contribution is 7.84. The second-order valence-electron chi connectivity index (χ2n) is 3.37. The molecular formula is C9H21NO2S. The lowest BCUT2D eigenvalue weighted by atomic mass is 10.2. The van der Waals surface area contributed by atoms with Gasteiger partial charge >= 0.3 is 0 Å². The van der Waals surface area contributed by atoms with Crippen LogP contribution in [-0.4, -0.2) is 42.0 Å². The second-order valence-corrected chi connectivity index (χ2v) is 4.85. The van der Waals surface area contributed by atoms with Gasteiger partial charge in [0.2, 0.25) is 0 Å². The van der Waals surface area contributed by atoms with Crippen molar-refractivity contribution in [2.75, 3.05) is 25.7 Å². The molecule has 3 unspecified atom stereocenters. The molecule has 3 atom stereocenters. The van der Waals surface area contributed by atoms with Crippen LogP contribution in [0.5, 0.6) is 0 Å². The topological polar surface area (TPSA) is 38.3 Å². The summed E-state index contributed by atoms with van der Waals surface area (Å²) in [6.45, 7) is 4.89. The average molecular weight is 207 g/mol. The molecule has 0 fully saturated rings. The Morgan fingerprint density at radius 2 is 2.15 bits per heavy atom. The Labute approximate surface area is 83.7 Å². The first kappa shape index (κ1) is 13.1. The van der Waals surface area contributed by atoms with Gasteiger partial charge in [-0.15, -0.1) is 0 Å². The molecule has 0 aliphatic rings. The van der Waals surface area contributed by atoms with Crippen LogP contribution in [-0.2, 0) is 15.5 Å². The third-order valence-corrected chi connectivity index (χ3v) is 2.83. The lowest BCUT2D eigenvalue weighted by molar-refractivity contribution is 0.161. The average Bonchev–Trinajstić information content (AvgIpc) is 2.02. The van der Waals surface area contributed by atoms with Crippen molar-refractivity contribution in [3.8, 4) is 0 Å². The first-order valence-corrected chi connectivity index (χ1v) is 6.37. The Kier molecular flexibility index (Phi) is 7.51. The molecule has 0 bridgehead atoms. The Balaban J connectivity index is 3.72. The van der Waals surface area contributed by atoms with Crippen LogP contribution in [0.3, 0.4) is 0 Å². The highest BCUT2D eigenvalue weighted by Gasteiger charge is 2.10. The molecule has 0 amide bonds.